The SMILES string of the molecule is O=C(O)/C(=C\c1cc(Br)cs1)c1ccccc1. The molecule has 0 fully saturated rings. The molecule has 86 valence electrons. The number of hydrogen-bond acceptors (Lipinski definition) is 2. The maximum atomic E-state index is 11.2. The minimum atomic E-state index is -0.916. The normalized spacial score (nSPS) is 11.5. The van der Waals surface area contributed by atoms with E-state index in [0.717, 1.165) is 9.35 Å². The minimum Gasteiger partial charge on any atom is -0.478 e. The molecule has 0 aliphatic carbocycles. The molecule has 0 spiro atoms. The summed E-state index contributed by atoms with van der Waals surface area (Å²) in [6.45, 7) is 0. The molecule has 4 heteroatoms. The van der Waals surface area contributed by atoms with Crippen LogP contribution < -0.4 is 0 Å². The summed E-state index contributed by atoms with van der Waals surface area (Å²) in [5.74, 6) is -0.916. The van der Waals surface area contributed by atoms with Crippen molar-refractivity contribution < 1.29 is 9.90 Å². The number of carboxylic acid groups (broad SMARTS) is 1. The third-order valence-electron chi connectivity index (χ3n) is 2.19. The lowest BCUT2D eigenvalue weighted by molar-refractivity contribution is -0.130. The summed E-state index contributed by atoms with van der Waals surface area (Å²) in [6.07, 6.45) is 1.69. The van der Waals surface area contributed by atoms with Crippen molar-refractivity contribution in [3.05, 3.63) is 56.7 Å². The van der Waals surface area contributed by atoms with Crippen molar-refractivity contribution in [1.29, 1.82) is 0 Å². The van der Waals surface area contributed by atoms with E-state index in [-0.39, 0.29) is 0 Å². The first-order valence-corrected chi connectivity index (χ1v) is 6.58. The Kier molecular flexibility index (Phi) is 3.76. The summed E-state index contributed by atoms with van der Waals surface area (Å²) < 4.78 is 0.964. The van der Waals surface area contributed by atoms with Crippen molar-refractivity contribution in [3.8, 4) is 0 Å². The molecule has 0 bridgehead atoms. The van der Waals surface area contributed by atoms with Crippen LogP contribution in [0.2, 0.25) is 0 Å². The molecule has 17 heavy (non-hydrogen) atoms. The molecule has 2 nitrogen and oxygen atoms in total. The van der Waals surface area contributed by atoms with Crippen LogP contribution in [-0.2, 0) is 4.79 Å². The third-order valence-corrected chi connectivity index (χ3v) is 3.83. The number of rotatable bonds is 3. The molecule has 0 aliphatic rings. The Bertz CT molecular complexity index is 558. The molecule has 0 unspecified atom stereocenters. The van der Waals surface area contributed by atoms with Gasteiger partial charge in [-0.3, -0.25) is 0 Å². The monoisotopic (exact) mass is 308 g/mol. The van der Waals surface area contributed by atoms with E-state index in [0.29, 0.717) is 11.1 Å². The smallest absolute Gasteiger partial charge is 0.336 e. The van der Waals surface area contributed by atoms with Gasteiger partial charge in [-0.05, 0) is 33.6 Å². The zero-order chi connectivity index (χ0) is 12.3. The second-order valence-electron chi connectivity index (χ2n) is 3.40. The molecule has 0 atom stereocenters. The van der Waals surface area contributed by atoms with Gasteiger partial charge in [0.25, 0.3) is 0 Å². The second kappa shape index (κ2) is 5.29. The molecule has 0 saturated heterocycles. The summed E-state index contributed by atoms with van der Waals surface area (Å²) in [7, 11) is 0. The summed E-state index contributed by atoms with van der Waals surface area (Å²) >= 11 is 4.85. The topological polar surface area (TPSA) is 37.3 Å². The van der Waals surface area contributed by atoms with Crippen LogP contribution in [0.25, 0.3) is 11.6 Å². The van der Waals surface area contributed by atoms with Gasteiger partial charge in [-0.1, -0.05) is 30.3 Å². The highest BCUT2D eigenvalue weighted by molar-refractivity contribution is 9.10. The Balaban J connectivity index is 2.43. The van der Waals surface area contributed by atoms with Crippen LogP contribution in [0, 0.1) is 0 Å². The highest BCUT2D eigenvalue weighted by atomic mass is 79.9. The van der Waals surface area contributed by atoms with Crippen LogP contribution in [-0.4, -0.2) is 11.1 Å². The van der Waals surface area contributed by atoms with E-state index in [1.165, 1.54) is 11.3 Å². The van der Waals surface area contributed by atoms with E-state index < -0.39 is 5.97 Å². The lowest BCUT2D eigenvalue weighted by Crippen LogP contribution is -1.98. The van der Waals surface area contributed by atoms with Crippen molar-refractivity contribution >= 4 is 44.9 Å². The zero-order valence-corrected chi connectivity index (χ0v) is 11.2. The Labute approximate surface area is 111 Å². The van der Waals surface area contributed by atoms with Gasteiger partial charge in [-0.25, -0.2) is 4.79 Å². The van der Waals surface area contributed by atoms with E-state index >= 15 is 0 Å². The molecule has 1 heterocycles. The van der Waals surface area contributed by atoms with Gasteiger partial charge in [-0.2, -0.15) is 0 Å². The number of benzene rings is 1. The van der Waals surface area contributed by atoms with Crippen molar-refractivity contribution in [1.82, 2.24) is 0 Å². The Morgan fingerprint density at radius 1 is 1.29 bits per heavy atom. The van der Waals surface area contributed by atoms with Gasteiger partial charge in [0.2, 0.25) is 0 Å². The van der Waals surface area contributed by atoms with Gasteiger partial charge in [0.15, 0.2) is 0 Å². The van der Waals surface area contributed by atoms with E-state index in [1.807, 2.05) is 29.6 Å². The number of halogens is 1. The maximum Gasteiger partial charge on any atom is 0.336 e. The quantitative estimate of drug-likeness (QED) is 0.865. The number of thiophene rings is 1. The Hall–Kier alpha value is -1.39. The number of hydrogen-bond donors (Lipinski definition) is 1. The predicted molar refractivity (Wildman–Crippen MR) is 74.0 cm³/mol. The first-order valence-electron chi connectivity index (χ1n) is 4.91. The fourth-order valence-corrected chi connectivity index (χ4v) is 2.81. The third kappa shape index (κ3) is 3.05. The molecule has 2 rings (SSSR count). The summed E-state index contributed by atoms with van der Waals surface area (Å²) in [5, 5.41) is 11.1. The molecule has 0 saturated carbocycles. The fraction of sp³-hybridized carbons (Fsp3) is 0. The first kappa shape index (κ1) is 12.1. The molecule has 2 aromatic rings. The fourth-order valence-electron chi connectivity index (χ4n) is 1.43. The molecule has 0 radical (unpaired) electrons. The maximum absolute atomic E-state index is 11.2. The number of carbonyl (C=O) groups is 1. The lowest BCUT2D eigenvalue weighted by atomic mass is 10.1. The molecule has 0 aliphatic heterocycles. The first-order chi connectivity index (χ1) is 8.16. The summed E-state index contributed by atoms with van der Waals surface area (Å²) in [5.41, 5.74) is 1.02. The van der Waals surface area contributed by atoms with Crippen LogP contribution in [0.5, 0.6) is 0 Å². The zero-order valence-electron chi connectivity index (χ0n) is 8.76. The van der Waals surface area contributed by atoms with Gasteiger partial charge in [0.1, 0.15) is 0 Å². The number of aliphatic carboxylic acids is 1. The van der Waals surface area contributed by atoms with Crippen LogP contribution in [0.15, 0.2) is 46.3 Å². The molecular weight excluding hydrogens is 300 g/mol. The standard InChI is InChI=1S/C13H9BrO2S/c14-10-6-11(17-8-10)7-12(13(15)16)9-4-2-1-3-5-9/h1-8H,(H,15,16)/b12-7-. The molecule has 1 aromatic heterocycles. The predicted octanol–water partition coefficient (Wildman–Crippen LogP) is 4.14. The largest absolute Gasteiger partial charge is 0.478 e. The molecule has 1 N–H and O–H groups in total. The highest BCUT2D eigenvalue weighted by Crippen LogP contribution is 2.25. The van der Waals surface area contributed by atoms with Gasteiger partial charge in [0.05, 0.1) is 5.57 Å². The van der Waals surface area contributed by atoms with E-state index in [1.54, 1.807) is 18.2 Å². The van der Waals surface area contributed by atoms with E-state index in [2.05, 4.69) is 15.9 Å². The molecule has 1 aromatic carbocycles. The summed E-state index contributed by atoms with van der Waals surface area (Å²) in [4.78, 5) is 12.2. The second-order valence-corrected chi connectivity index (χ2v) is 5.25. The van der Waals surface area contributed by atoms with Crippen molar-refractivity contribution in [3.63, 3.8) is 0 Å². The molecule has 0 amide bonds. The van der Waals surface area contributed by atoms with Gasteiger partial charge >= 0.3 is 5.97 Å². The highest BCUT2D eigenvalue weighted by Gasteiger charge is 2.10. The average molecular weight is 309 g/mol. The molecular formula is C13H9BrO2S. The summed E-state index contributed by atoms with van der Waals surface area (Å²) in [6, 6.07) is 11.0. The van der Waals surface area contributed by atoms with Crippen LogP contribution >= 0.6 is 27.3 Å². The van der Waals surface area contributed by atoms with Crippen LogP contribution in [0.3, 0.4) is 0 Å². The van der Waals surface area contributed by atoms with Crippen LogP contribution in [0.1, 0.15) is 10.4 Å². The Morgan fingerprint density at radius 2 is 2.00 bits per heavy atom. The van der Waals surface area contributed by atoms with Gasteiger partial charge in [0, 0.05) is 14.7 Å². The van der Waals surface area contributed by atoms with Crippen molar-refractivity contribution in [2.75, 3.05) is 0 Å². The van der Waals surface area contributed by atoms with E-state index in [4.69, 9.17) is 0 Å². The van der Waals surface area contributed by atoms with Gasteiger partial charge in [-0.15, -0.1) is 11.3 Å². The average Bonchev–Trinajstić information content (AvgIpc) is 2.73. The minimum absolute atomic E-state index is 0.306. The lowest BCUT2D eigenvalue weighted by Gasteiger charge is -2.01. The van der Waals surface area contributed by atoms with Crippen molar-refractivity contribution in [2.24, 2.45) is 0 Å². The van der Waals surface area contributed by atoms with Crippen LogP contribution in [0.4, 0.5) is 0 Å². The number of carboxylic acids is 1. The Morgan fingerprint density at radius 3 is 2.53 bits per heavy atom. The van der Waals surface area contributed by atoms with E-state index in [9.17, 15) is 9.90 Å². The van der Waals surface area contributed by atoms with Gasteiger partial charge < -0.3 is 5.11 Å². The van der Waals surface area contributed by atoms with Crippen molar-refractivity contribution in [2.45, 2.75) is 0 Å².